The molecule has 1 saturated carbocycles. The van der Waals surface area contributed by atoms with Crippen LogP contribution in [0, 0.1) is 10.1 Å². The number of hydrogen-bond donors (Lipinski definition) is 0. The maximum atomic E-state index is 11.6. The normalized spacial score (nSPS) is 15.7. The summed E-state index contributed by atoms with van der Waals surface area (Å²) in [5.74, 6) is -1.43. The molecule has 0 heterocycles. The summed E-state index contributed by atoms with van der Waals surface area (Å²) in [6.07, 6.45) is 4.33. The summed E-state index contributed by atoms with van der Waals surface area (Å²) in [5.41, 5.74) is -0.174. The highest BCUT2D eigenvalue weighted by Gasteiger charge is 2.39. The maximum absolute atomic E-state index is 11.6. The Balaban J connectivity index is 1.88. The van der Waals surface area contributed by atoms with Gasteiger partial charge in [0.2, 0.25) is 0 Å². The molecule has 0 aromatic heterocycles. The van der Waals surface area contributed by atoms with Crippen LogP contribution >= 0.6 is 0 Å². The number of hydrogen-bond acceptors (Lipinski definition) is 5. The number of carbonyl (C=O) groups is 1. The number of benzene rings is 3. The lowest BCUT2D eigenvalue weighted by molar-refractivity contribution is -0.386. The molecule has 4 rings (SSSR count). The molecular formula is C23H20NO5-. The number of nitro groups is 1. The van der Waals surface area contributed by atoms with Gasteiger partial charge in [-0.3, -0.25) is 10.1 Å². The zero-order chi connectivity index (χ0) is 20.4. The van der Waals surface area contributed by atoms with Gasteiger partial charge in [-0.25, -0.2) is 0 Å². The third-order valence-electron chi connectivity index (χ3n) is 5.64. The van der Waals surface area contributed by atoms with E-state index in [1.807, 2.05) is 42.5 Å². The molecule has 0 radical (unpaired) electrons. The summed E-state index contributed by atoms with van der Waals surface area (Å²) in [6, 6.07) is 17.5. The first-order chi connectivity index (χ1) is 14.0. The van der Waals surface area contributed by atoms with Crippen molar-refractivity contribution in [3.8, 4) is 5.75 Å². The molecule has 0 unspecified atom stereocenters. The number of ether oxygens (including phenoxy) is 1. The third-order valence-corrected chi connectivity index (χ3v) is 5.64. The molecule has 148 valence electrons. The van der Waals surface area contributed by atoms with Crippen molar-refractivity contribution >= 4 is 22.4 Å². The lowest BCUT2D eigenvalue weighted by atomic mass is 9.77. The van der Waals surface area contributed by atoms with E-state index in [-0.39, 0.29) is 17.0 Å². The van der Waals surface area contributed by atoms with E-state index in [4.69, 9.17) is 4.74 Å². The molecule has 0 saturated heterocycles. The van der Waals surface area contributed by atoms with Gasteiger partial charge in [0.25, 0.3) is 0 Å². The van der Waals surface area contributed by atoms with E-state index < -0.39 is 16.5 Å². The fourth-order valence-electron chi connectivity index (χ4n) is 4.26. The van der Waals surface area contributed by atoms with Gasteiger partial charge >= 0.3 is 5.69 Å². The van der Waals surface area contributed by atoms with Crippen LogP contribution < -0.4 is 9.84 Å². The Bertz CT molecular complexity index is 1080. The maximum Gasteiger partial charge on any atom is 0.311 e. The second-order valence-corrected chi connectivity index (χ2v) is 7.41. The second kappa shape index (κ2) is 7.54. The number of carboxylic acids is 1. The standard InChI is InChI=1S/C23H21NO5/c25-22(26)17-11-12-20(24(27)28)21(15-17)29-23(13-4-1-5-14-23)19-10-6-8-16-7-2-3-9-18(16)19/h2-3,6-12,15H,1,4-5,13-14H2,(H,25,26)/p-1. The van der Waals surface area contributed by atoms with E-state index in [1.165, 1.54) is 18.2 Å². The van der Waals surface area contributed by atoms with Crippen LogP contribution in [0.25, 0.3) is 10.8 Å². The van der Waals surface area contributed by atoms with Crippen LogP contribution in [-0.4, -0.2) is 10.9 Å². The van der Waals surface area contributed by atoms with Gasteiger partial charge in [-0.15, -0.1) is 0 Å². The molecule has 6 nitrogen and oxygen atoms in total. The third kappa shape index (κ3) is 3.53. The van der Waals surface area contributed by atoms with Crippen LogP contribution in [0.5, 0.6) is 5.75 Å². The SMILES string of the molecule is O=C([O-])c1ccc([N+](=O)[O-])c(OC2(c3cccc4ccccc34)CCCCC2)c1. The molecular weight excluding hydrogens is 370 g/mol. The van der Waals surface area contributed by atoms with Crippen molar-refractivity contribution in [3.63, 3.8) is 0 Å². The van der Waals surface area contributed by atoms with E-state index in [9.17, 15) is 20.0 Å². The van der Waals surface area contributed by atoms with Gasteiger partial charge in [-0.1, -0.05) is 48.9 Å². The molecule has 1 aliphatic rings. The Kier molecular flexibility index (Phi) is 4.92. The topological polar surface area (TPSA) is 92.5 Å². The number of nitro benzene ring substituents is 1. The molecule has 6 heteroatoms. The van der Waals surface area contributed by atoms with Crippen LogP contribution in [0.15, 0.2) is 60.7 Å². The summed E-state index contributed by atoms with van der Waals surface area (Å²) in [6.45, 7) is 0. The van der Waals surface area contributed by atoms with E-state index in [2.05, 4.69) is 0 Å². The van der Waals surface area contributed by atoms with Crippen LogP contribution in [0.2, 0.25) is 0 Å². The Morgan fingerprint density at radius 3 is 2.41 bits per heavy atom. The van der Waals surface area contributed by atoms with Gasteiger partial charge in [-0.05, 0) is 48.6 Å². The quantitative estimate of drug-likeness (QED) is 0.477. The summed E-state index contributed by atoms with van der Waals surface area (Å²) in [4.78, 5) is 22.3. The average molecular weight is 390 g/mol. The minimum absolute atomic E-state index is 0.0356. The van der Waals surface area contributed by atoms with Crippen molar-refractivity contribution in [2.75, 3.05) is 0 Å². The number of rotatable bonds is 5. The molecule has 3 aromatic rings. The predicted octanol–water partition coefficient (Wildman–Crippen LogP) is 4.35. The predicted molar refractivity (Wildman–Crippen MR) is 107 cm³/mol. The second-order valence-electron chi connectivity index (χ2n) is 7.41. The summed E-state index contributed by atoms with van der Waals surface area (Å²) >= 11 is 0. The van der Waals surface area contributed by atoms with Gasteiger partial charge in [0, 0.05) is 17.2 Å². The number of carbonyl (C=O) groups excluding carboxylic acids is 1. The van der Waals surface area contributed by atoms with E-state index >= 15 is 0 Å². The highest BCUT2D eigenvalue weighted by molar-refractivity contribution is 5.87. The van der Waals surface area contributed by atoms with Crippen LogP contribution in [-0.2, 0) is 5.60 Å². The van der Waals surface area contributed by atoms with E-state index in [0.717, 1.165) is 35.6 Å². The van der Waals surface area contributed by atoms with Gasteiger partial charge in [0.15, 0.2) is 5.75 Å². The van der Waals surface area contributed by atoms with Gasteiger partial charge in [0.1, 0.15) is 5.60 Å². The first-order valence-electron chi connectivity index (χ1n) is 9.67. The first kappa shape index (κ1) is 18.9. The monoisotopic (exact) mass is 390 g/mol. The molecule has 3 aromatic carbocycles. The number of nitrogens with zero attached hydrogens (tertiary/aromatic N) is 1. The van der Waals surface area contributed by atoms with Crippen molar-refractivity contribution in [2.45, 2.75) is 37.7 Å². The van der Waals surface area contributed by atoms with Crippen LogP contribution in [0.1, 0.15) is 48.0 Å². The van der Waals surface area contributed by atoms with Gasteiger partial charge in [0.05, 0.1) is 10.9 Å². The highest BCUT2D eigenvalue weighted by atomic mass is 16.6. The average Bonchev–Trinajstić information content (AvgIpc) is 2.73. The molecule has 0 atom stereocenters. The fourth-order valence-corrected chi connectivity index (χ4v) is 4.26. The smallest absolute Gasteiger partial charge is 0.311 e. The Labute approximate surface area is 167 Å². The minimum atomic E-state index is -1.40. The molecule has 0 aliphatic heterocycles. The lowest BCUT2D eigenvalue weighted by Crippen LogP contribution is -2.36. The zero-order valence-electron chi connectivity index (χ0n) is 15.8. The Morgan fingerprint density at radius 2 is 1.69 bits per heavy atom. The Hall–Kier alpha value is -3.41. The van der Waals surface area contributed by atoms with Gasteiger partial charge in [-0.2, -0.15) is 0 Å². The van der Waals surface area contributed by atoms with Crippen molar-refractivity contribution in [2.24, 2.45) is 0 Å². The highest BCUT2D eigenvalue weighted by Crippen LogP contribution is 2.45. The number of carboxylic acid groups (broad SMARTS) is 1. The molecule has 0 amide bonds. The molecule has 1 aliphatic carbocycles. The van der Waals surface area contributed by atoms with Crippen molar-refractivity contribution in [1.29, 1.82) is 0 Å². The van der Waals surface area contributed by atoms with Gasteiger partial charge < -0.3 is 14.6 Å². The molecule has 29 heavy (non-hydrogen) atoms. The van der Waals surface area contributed by atoms with Crippen molar-refractivity contribution < 1.29 is 19.6 Å². The van der Waals surface area contributed by atoms with E-state index in [0.29, 0.717) is 12.8 Å². The largest absolute Gasteiger partial charge is 0.545 e. The number of fused-ring (bicyclic) bond motifs is 1. The van der Waals surface area contributed by atoms with Crippen LogP contribution in [0.4, 0.5) is 5.69 Å². The molecule has 1 fully saturated rings. The number of aromatic carboxylic acids is 1. The summed E-state index contributed by atoms with van der Waals surface area (Å²) in [5, 5.41) is 25.0. The Morgan fingerprint density at radius 1 is 0.966 bits per heavy atom. The van der Waals surface area contributed by atoms with Crippen LogP contribution in [0.3, 0.4) is 0 Å². The minimum Gasteiger partial charge on any atom is -0.545 e. The van der Waals surface area contributed by atoms with Crippen molar-refractivity contribution in [3.05, 3.63) is 81.9 Å². The van der Waals surface area contributed by atoms with E-state index in [1.54, 1.807) is 0 Å². The summed E-state index contributed by atoms with van der Waals surface area (Å²) in [7, 11) is 0. The molecule has 0 bridgehead atoms. The fraction of sp³-hybridized carbons (Fsp3) is 0.261. The zero-order valence-corrected chi connectivity index (χ0v) is 15.8. The van der Waals surface area contributed by atoms with Crippen molar-refractivity contribution in [1.82, 2.24) is 0 Å². The molecule has 0 N–H and O–H groups in total. The first-order valence-corrected chi connectivity index (χ1v) is 9.67. The lowest BCUT2D eigenvalue weighted by Gasteiger charge is -2.38. The molecule has 0 spiro atoms. The summed E-state index contributed by atoms with van der Waals surface area (Å²) < 4.78 is 6.39.